The zero-order valence-corrected chi connectivity index (χ0v) is 11.0. The second kappa shape index (κ2) is 4.71. The van der Waals surface area contributed by atoms with Crippen molar-refractivity contribution in [1.82, 2.24) is 19.1 Å². The molecule has 8 heteroatoms. The minimum atomic E-state index is -0.565. The van der Waals surface area contributed by atoms with Crippen molar-refractivity contribution >= 4 is 17.0 Å². The van der Waals surface area contributed by atoms with Crippen molar-refractivity contribution in [2.24, 2.45) is 14.1 Å². The van der Waals surface area contributed by atoms with E-state index in [1.165, 1.54) is 18.7 Å². The van der Waals surface area contributed by atoms with Crippen molar-refractivity contribution in [3.05, 3.63) is 31.2 Å². The van der Waals surface area contributed by atoms with E-state index in [9.17, 15) is 14.4 Å². The van der Waals surface area contributed by atoms with Crippen LogP contribution in [0, 0.1) is 0 Å². The van der Waals surface area contributed by atoms with E-state index in [0.717, 1.165) is 11.0 Å². The molecule has 0 unspecified atom stereocenters. The summed E-state index contributed by atoms with van der Waals surface area (Å²) in [5.41, 5.74) is -1.34. The molecule has 2 aromatic rings. The Balaban J connectivity index is 2.83. The molecule has 0 aliphatic carbocycles. The van der Waals surface area contributed by atoms with E-state index in [4.69, 9.17) is 0 Å². The van der Waals surface area contributed by atoms with Crippen molar-refractivity contribution in [3.8, 4) is 0 Å². The second-order valence-electron chi connectivity index (χ2n) is 4.25. The van der Waals surface area contributed by atoms with Crippen LogP contribution in [-0.2, 0) is 14.1 Å². The summed E-state index contributed by atoms with van der Waals surface area (Å²) >= 11 is 0. The highest BCUT2D eigenvalue weighted by molar-refractivity contribution is 5.70. The van der Waals surface area contributed by atoms with Crippen LogP contribution in [0.5, 0.6) is 0 Å². The maximum absolute atomic E-state index is 11.9. The fraction of sp³-hybridized carbons (Fsp3) is 0.455. The Morgan fingerprint density at radius 3 is 2.53 bits per heavy atom. The smallest absolute Gasteiger partial charge is 0.332 e. The maximum Gasteiger partial charge on any atom is 0.332 e. The molecule has 0 saturated heterocycles. The minimum Gasteiger partial charge on any atom is -0.365 e. The number of anilines is 1. The Morgan fingerprint density at radius 2 is 1.89 bits per heavy atom. The number of hydrogen-bond donors (Lipinski definition) is 2. The summed E-state index contributed by atoms with van der Waals surface area (Å²) < 4.78 is 2.16. The largest absolute Gasteiger partial charge is 0.365 e. The van der Waals surface area contributed by atoms with E-state index in [1.807, 2.05) is 6.92 Å². The van der Waals surface area contributed by atoms with E-state index in [-0.39, 0.29) is 17.0 Å². The number of fused-ring (bicyclic) bond motifs is 1. The molecule has 2 heterocycles. The van der Waals surface area contributed by atoms with E-state index in [2.05, 4.69) is 15.3 Å². The van der Waals surface area contributed by atoms with Gasteiger partial charge in [-0.2, -0.15) is 0 Å². The number of aromatic nitrogens is 4. The molecule has 0 aliphatic heterocycles. The van der Waals surface area contributed by atoms with Crippen LogP contribution in [0.1, 0.15) is 13.3 Å². The highest BCUT2D eigenvalue weighted by atomic mass is 16.2. The summed E-state index contributed by atoms with van der Waals surface area (Å²) in [6.07, 6.45) is 0.828. The number of aryl methyl sites for hydroxylation is 1. The monoisotopic (exact) mass is 265 g/mol. The number of rotatable bonds is 3. The van der Waals surface area contributed by atoms with E-state index >= 15 is 0 Å². The average molecular weight is 265 g/mol. The zero-order chi connectivity index (χ0) is 14.2. The van der Waals surface area contributed by atoms with Crippen LogP contribution in [-0.4, -0.2) is 25.6 Å². The predicted molar refractivity (Wildman–Crippen MR) is 71.6 cm³/mol. The third-order valence-electron chi connectivity index (χ3n) is 2.85. The van der Waals surface area contributed by atoms with Crippen molar-refractivity contribution < 1.29 is 0 Å². The lowest BCUT2D eigenvalue weighted by Crippen LogP contribution is -2.38. The van der Waals surface area contributed by atoms with Gasteiger partial charge in [0.05, 0.1) is 0 Å². The Morgan fingerprint density at radius 1 is 1.21 bits per heavy atom. The summed E-state index contributed by atoms with van der Waals surface area (Å²) in [5, 5.41) is 2.86. The van der Waals surface area contributed by atoms with Crippen LogP contribution < -0.4 is 22.1 Å². The Bertz CT molecular complexity index is 799. The first-order chi connectivity index (χ1) is 8.97. The predicted octanol–water partition coefficient (Wildman–Crippen LogP) is -0.858. The average Bonchev–Trinajstić information content (AvgIpc) is 2.41. The van der Waals surface area contributed by atoms with Gasteiger partial charge >= 0.3 is 5.69 Å². The first-order valence-electron chi connectivity index (χ1n) is 5.91. The normalized spacial score (nSPS) is 10.9. The van der Waals surface area contributed by atoms with Crippen LogP contribution in [0.3, 0.4) is 0 Å². The summed E-state index contributed by atoms with van der Waals surface area (Å²) in [7, 11) is 2.85. The summed E-state index contributed by atoms with van der Waals surface area (Å²) in [5.74, 6) is 0.109. The van der Waals surface area contributed by atoms with Gasteiger partial charge in [0.25, 0.3) is 11.1 Å². The molecule has 0 amide bonds. The second-order valence-corrected chi connectivity index (χ2v) is 4.25. The molecule has 0 fully saturated rings. The number of H-pyrrole nitrogens is 1. The Kier molecular flexibility index (Phi) is 3.24. The molecule has 2 rings (SSSR count). The topological polar surface area (TPSA) is 102 Å². The first kappa shape index (κ1) is 13.1. The van der Waals surface area contributed by atoms with E-state index < -0.39 is 16.8 Å². The van der Waals surface area contributed by atoms with Crippen molar-refractivity contribution in [2.75, 3.05) is 11.9 Å². The molecule has 0 bridgehead atoms. The molecule has 0 atom stereocenters. The maximum atomic E-state index is 11.9. The zero-order valence-electron chi connectivity index (χ0n) is 11.0. The van der Waals surface area contributed by atoms with Crippen molar-refractivity contribution in [2.45, 2.75) is 13.3 Å². The molecule has 102 valence electrons. The molecule has 0 saturated carbocycles. The van der Waals surface area contributed by atoms with E-state index in [1.54, 1.807) is 0 Å². The lowest BCUT2D eigenvalue weighted by molar-refractivity contribution is 0.703. The molecule has 0 aliphatic rings. The molecule has 19 heavy (non-hydrogen) atoms. The van der Waals surface area contributed by atoms with Crippen molar-refractivity contribution in [1.29, 1.82) is 0 Å². The Labute approximate surface area is 107 Å². The van der Waals surface area contributed by atoms with Gasteiger partial charge in [-0.1, -0.05) is 6.92 Å². The summed E-state index contributed by atoms with van der Waals surface area (Å²) in [4.78, 5) is 42.0. The Hall–Kier alpha value is -2.38. The number of nitrogens with one attached hydrogen (secondary N) is 2. The third kappa shape index (κ3) is 2.05. The number of nitrogens with zero attached hydrogens (tertiary/aromatic N) is 3. The summed E-state index contributed by atoms with van der Waals surface area (Å²) in [6.45, 7) is 2.54. The van der Waals surface area contributed by atoms with Crippen LogP contribution in [0.15, 0.2) is 14.4 Å². The highest BCUT2D eigenvalue weighted by Crippen LogP contribution is 2.02. The van der Waals surface area contributed by atoms with E-state index in [0.29, 0.717) is 6.54 Å². The van der Waals surface area contributed by atoms with Crippen LogP contribution in [0.25, 0.3) is 11.2 Å². The van der Waals surface area contributed by atoms with Gasteiger partial charge in [0.1, 0.15) is 0 Å². The van der Waals surface area contributed by atoms with Gasteiger partial charge in [-0.05, 0) is 6.42 Å². The summed E-state index contributed by atoms with van der Waals surface area (Å²) in [6, 6.07) is 0. The van der Waals surface area contributed by atoms with Crippen LogP contribution in [0.4, 0.5) is 5.82 Å². The fourth-order valence-corrected chi connectivity index (χ4v) is 1.77. The molecule has 2 aromatic heterocycles. The quantitative estimate of drug-likeness (QED) is 0.752. The number of aromatic amines is 1. The first-order valence-corrected chi connectivity index (χ1v) is 5.91. The molecule has 0 aromatic carbocycles. The van der Waals surface area contributed by atoms with Gasteiger partial charge in [-0.15, -0.1) is 0 Å². The standard InChI is InChI=1S/C11H15N5O3/c1-4-5-12-7-9(17)13-6-8(14-7)15(2)11(19)16(3)10(6)18/h4-5H2,1-3H3,(H,12,14)(H,13,17). The molecule has 8 nitrogen and oxygen atoms in total. The lowest BCUT2D eigenvalue weighted by Gasteiger charge is -2.08. The van der Waals surface area contributed by atoms with Crippen LogP contribution in [0.2, 0.25) is 0 Å². The molecular formula is C11H15N5O3. The SMILES string of the molecule is CCCNc1nc2c([nH]c1=O)c(=O)n(C)c(=O)n2C. The van der Waals surface area contributed by atoms with Gasteiger partial charge in [-0.25, -0.2) is 9.78 Å². The molecular weight excluding hydrogens is 250 g/mol. The van der Waals surface area contributed by atoms with Gasteiger partial charge in [0.15, 0.2) is 17.0 Å². The van der Waals surface area contributed by atoms with Gasteiger partial charge in [0.2, 0.25) is 0 Å². The lowest BCUT2D eigenvalue weighted by atomic mass is 10.4. The number of hydrogen-bond acceptors (Lipinski definition) is 5. The third-order valence-corrected chi connectivity index (χ3v) is 2.85. The molecule has 0 radical (unpaired) electrons. The molecule has 0 spiro atoms. The fourth-order valence-electron chi connectivity index (χ4n) is 1.77. The van der Waals surface area contributed by atoms with Gasteiger partial charge < -0.3 is 10.3 Å². The molecule has 2 N–H and O–H groups in total. The van der Waals surface area contributed by atoms with Gasteiger partial charge in [0, 0.05) is 20.6 Å². The van der Waals surface area contributed by atoms with Crippen LogP contribution >= 0.6 is 0 Å². The highest BCUT2D eigenvalue weighted by Gasteiger charge is 2.12. The van der Waals surface area contributed by atoms with Gasteiger partial charge in [-0.3, -0.25) is 18.7 Å². The minimum absolute atomic E-state index is 0.0247. The van der Waals surface area contributed by atoms with Crippen molar-refractivity contribution in [3.63, 3.8) is 0 Å².